The van der Waals surface area contributed by atoms with Gasteiger partial charge in [-0.15, -0.1) is 0 Å². The van der Waals surface area contributed by atoms with Crippen molar-refractivity contribution in [2.45, 2.75) is 33.2 Å². The molecule has 0 spiro atoms. The highest BCUT2D eigenvalue weighted by Gasteiger charge is 2.18. The van der Waals surface area contributed by atoms with E-state index in [0.717, 1.165) is 4.47 Å². The van der Waals surface area contributed by atoms with E-state index in [-0.39, 0.29) is 42.9 Å². The van der Waals surface area contributed by atoms with E-state index >= 15 is 0 Å². The third-order valence-corrected chi connectivity index (χ3v) is 3.98. The van der Waals surface area contributed by atoms with E-state index in [4.69, 9.17) is 0 Å². The SMILES string of the molecule is CCN(CC(=O)NCC(=O)Nc1ccccc1Br)CC(=O)NC(C)(C)C. The molecule has 0 aromatic heterocycles. The molecule has 1 rings (SSSR count). The molecule has 144 valence electrons. The lowest BCUT2D eigenvalue weighted by Gasteiger charge is -2.24. The van der Waals surface area contributed by atoms with Crippen molar-refractivity contribution < 1.29 is 14.4 Å². The molecule has 7 nitrogen and oxygen atoms in total. The summed E-state index contributed by atoms with van der Waals surface area (Å²) in [5.41, 5.74) is 0.323. The fourth-order valence-corrected chi connectivity index (χ4v) is 2.52. The van der Waals surface area contributed by atoms with Gasteiger partial charge in [0.25, 0.3) is 0 Å². The molecule has 1 aromatic carbocycles. The molecule has 3 amide bonds. The maximum Gasteiger partial charge on any atom is 0.243 e. The highest BCUT2D eigenvalue weighted by Crippen LogP contribution is 2.20. The van der Waals surface area contributed by atoms with E-state index in [2.05, 4.69) is 31.9 Å². The second-order valence-corrected chi connectivity index (χ2v) is 7.76. The summed E-state index contributed by atoms with van der Waals surface area (Å²) >= 11 is 3.34. The number of hydrogen-bond acceptors (Lipinski definition) is 4. The number of rotatable bonds is 8. The van der Waals surface area contributed by atoms with Gasteiger partial charge in [-0.25, -0.2) is 0 Å². The molecule has 3 N–H and O–H groups in total. The molecule has 0 bridgehead atoms. The minimum absolute atomic E-state index is 0.0520. The Hall–Kier alpha value is -1.93. The first-order chi connectivity index (χ1) is 12.1. The van der Waals surface area contributed by atoms with Crippen LogP contribution in [0.15, 0.2) is 28.7 Å². The third kappa shape index (κ3) is 8.96. The second-order valence-electron chi connectivity index (χ2n) is 6.91. The summed E-state index contributed by atoms with van der Waals surface area (Å²) in [6.45, 7) is 8.17. The van der Waals surface area contributed by atoms with E-state index in [1.54, 1.807) is 17.0 Å². The molecule has 1 aromatic rings. The highest BCUT2D eigenvalue weighted by atomic mass is 79.9. The zero-order valence-electron chi connectivity index (χ0n) is 15.7. The van der Waals surface area contributed by atoms with E-state index in [0.29, 0.717) is 12.2 Å². The number of para-hydroxylation sites is 1. The van der Waals surface area contributed by atoms with Gasteiger partial charge in [0.05, 0.1) is 25.3 Å². The molecule has 0 aliphatic heterocycles. The fraction of sp³-hybridized carbons (Fsp3) is 0.500. The Kier molecular flexibility index (Phi) is 8.74. The molecular weight excluding hydrogens is 400 g/mol. The molecule has 0 radical (unpaired) electrons. The lowest BCUT2D eigenvalue weighted by molar-refractivity contribution is -0.127. The summed E-state index contributed by atoms with van der Waals surface area (Å²) in [4.78, 5) is 37.6. The zero-order chi connectivity index (χ0) is 19.7. The van der Waals surface area contributed by atoms with Gasteiger partial charge in [-0.2, -0.15) is 0 Å². The Morgan fingerprint density at radius 1 is 1.04 bits per heavy atom. The largest absolute Gasteiger partial charge is 0.350 e. The average molecular weight is 427 g/mol. The van der Waals surface area contributed by atoms with Gasteiger partial charge < -0.3 is 16.0 Å². The number of halogens is 1. The normalized spacial score (nSPS) is 11.2. The van der Waals surface area contributed by atoms with Crippen LogP contribution in [0.2, 0.25) is 0 Å². The van der Waals surface area contributed by atoms with E-state index < -0.39 is 0 Å². The van der Waals surface area contributed by atoms with Crippen molar-refractivity contribution in [3.63, 3.8) is 0 Å². The van der Waals surface area contributed by atoms with Crippen LogP contribution in [0.5, 0.6) is 0 Å². The fourth-order valence-electron chi connectivity index (χ4n) is 2.14. The van der Waals surface area contributed by atoms with Gasteiger partial charge in [-0.05, 0) is 55.4 Å². The molecule has 0 unspecified atom stereocenters. The number of amides is 3. The maximum absolute atomic E-state index is 12.0. The van der Waals surface area contributed by atoms with Crippen molar-refractivity contribution in [1.29, 1.82) is 0 Å². The van der Waals surface area contributed by atoms with Gasteiger partial charge in [-0.1, -0.05) is 19.1 Å². The Bertz CT molecular complexity index is 644. The van der Waals surface area contributed by atoms with Crippen LogP contribution >= 0.6 is 15.9 Å². The van der Waals surface area contributed by atoms with Crippen LogP contribution in [-0.2, 0) is 14.4 Å². The average Bonchev–Trinajstić information content (AvgIpc) is 2.52. The summed E-state index contributed by atoms with van der Waals surface area (Å²) in [7, 11) is 0. The summed E-state index contributed by atoms with van der Waals surface area (Å²) in [6, 6.07) is 7.23. The van der Waals surface area contributed by atoms with Gasteiger partial charge >= 0.3 is 0 Å². The molecule has 26 heavy (non-hydrogen) atoms. The number of nitrogens with zero attached hydrogens (tertiary/aromatic N) is 1. The zero-order valence-corrected chi connectivity index (χ0v) is 17.3. The van der Waals surface area contributed by atoms with Gasteiger partial charge in [0.2, 0.25) is 17.7 Å². The number of anilines is 1. The molecule has 0 aliphatic rings. The van der Waals surface area contributed by atoms with Gasteiger partial charge in [-0.3, -0.25) is 19.3 Å². The van der Waals surface area contributed by atoms with Crippen LogP contribution in [0.1, 0.15) is 27.7 Å². The van der Waals surface area contributed by atoms with Crippen LogP contribution in [0.3, 0.4) is 0 Å². The molecular formula is C18H27BrN4O3. The van der Waals surface area contributed by atoms with Crippen molar-refractivity contribution in [2.24, 2.45) is 0 Å². The third-order valence-electron chi connectivity index (χ3n) is 3.29. The van der Waals surface area contributed by atoms with Crippen LogP contribution < -0.4 is 16.0 Å². The number of hydrogen-bond donors (Lipinski definition) is 3. The van der Waals surface area contributed by atoms with Crippen molar-refractivity contribution >= 4 is 39.3 Å². The monoisotopic (exact) mass is 426 g/mol. The minimum Gasteiger partial charge on any atom is -0.350 e. The summed E-state index contributed by atoms with van der Waals surface area (Å²) in [5, 5.41) is 8.14. The van der Waals surface area contributed by atoms with Crippen molar-refractivity contribution in [3.05, 3.63) is 28.7 Å². The van der Waals surface area contributed by atoms with Crippen molar-refractivity contribution in [2.75, 3.05) is 31.5 Å². The van der Waals surface area contributed by atoms with Crippen molar-refractivity contribution in [3.8, 4) is 0 Å². The lowest BCUT2D eigenvalue weighted by Crippen LogP contribution is -2.48. The van der Waals surface area contributed by atoms with Gasteiger partial charge in [0.1, 0.15) is 0 Å². The summed E-state index contributed by atoms with van der Waals surface area (Å²) < 4.78 is 0.765. The van der Waals surface area contributed by atoms with E-state index in [1.807, 2.05) is 39.8 Å². The van der Waals surface area contributed by atoms with Crippen LogP contribution in [0, 0.1) is 0 Å². The first kappa shape index (κ1) is 22.1. The van der Waals surface area contributed by atoms with E-state index in [1.165, 1.54) is 0 Å². The highest BCUT2D eigenvalue weighted by molar-refractivity contribution is 9.10. The molecule has 8 heteroatoms. The summed E-state index contributed by atoms with van der Waals surface area (Å²) in [6.07, 6.45) is 0. The number of carbonyl (C=O) groups excluding carboxylic acids is 3. The van der Waals surface area contributed by atoms with Crippen molar-refractivity contribution in [1.82, 2.24) is 15.5 Å². The Morgan fingerprint density at radius 3 is 2.23 bits per heavy atom. The lowest BCUT2D eigenvalue weighted by atomic mass is 10.1. The molecule has 0 atom stereocenters. The minimum atomic E-state index is -0.321. The number of likely N-dealkylation sites (N-methyl/N-ethyl adjacent to an activating group) is 1. The van der Waals surface area contributed by atoms with Crippen LogP contribution in [0.4, 0.5) is 5.69 Å². The van der Waals surface area contributed by atoms with Crippen LogP contribution in [-0.4, -0.2) is 54.3 Å². The first-order valence-electron chi connectivity index (χ1n) is 8.45. The van der Waals surface area contributed by atoms with E-state index in [9.17, 15) is 14.4 Å². The molecule has 0 aliphatic carbocycles. The quantitative estimate of drug-likeness (QED) is 0.590. The number of benzene rings is 1. The van der Waals surface area contributed by atoms with Gasteiger partial charge in [0.15, 0.2) is 0 Å². The Morgan fingerprint density at radius 2 is 1.65 bits per heavy atom. The maximum atomic E-state index is 12.0. The topological polar surface area (TPSA) is 90.5 Å². The standard InChI is InChI=1S/C18H27BrN4O3/c1-5-23(12-17(26)22-18(2,3)4)11-16(25)20-10-15(24)21-14-9-7-6-8-13(14)19/h6-9H,5,10-12H2,1-4H3,(H,20,25)(H,21,24)(H,22,26). The first-order valence-corrected chi connectivity index (χ1v) is 9.24. The molecule has 0 heterocycles. The Labute approximate surface area is 163 Å². The smallest absolute Gasteiger partial charge is 0.243 e. The Balaban J connectivity index is 2.40. The summed E-state index contributed by atoms with van der Waals surface area (Å²) in [5.74, 6) is -0.768. The molecule has 0 fully saturated rings. The predicted octanol–water partition coefficient (Wildman–Crippen LogP) is 1.74. The number of nitrogens with one attached hydrogen (secondary N) is 3. The predicted molar refractivity (Wildman–Crippen MR) is 106 cm³/mol. The molecule has 0 saturated carbocycles. The van der Waals surface area contributed by atoms with Gasteiger partial charge in [0, 0.05) is 10.0 Å². The number of carbonyl (C=O) groups is 3. The van der Waals surface area contributed by atoms with Crippen LogP contribution in [0.25, 0.3) is 0 Å². The molecule has 0 saturated heterocycles. The second kappa shape index (κ2) is 10.3.